The van der Waals surface area contributed by atoms with Crippen LogP contribution in [-0.4, -0.2) is 115 Å². The van der Waals surface area contributed by atoms with Crippen molar-refractivity contribution >= 4 is 43.9 Å². The molecule has 271 valence electrons. The molecule has 4 N–H and O–H groups in total. The summed E-state index contributed by atoms with van der Waals surface area (Å²) >= 11 is 0. The number of hydrogen-bond donors (Lipinski definition) is 4. The molecule has 1 saturated heterocycles. The molecule has 0 spiro atoms. The van der Waals surface area contributed by atoms with Gasteiger partial charge in [0.15, 0.2) is 6.29 Å². The van der Waals surface area contributed by atoms with Crippen LogP contribution in [0.15, 0.2) is 67.1 Å². The second kappa shape index (κ2) is 21.9. The molecule has 1 radical (unpaired) electrons. The maximum atomic E-state index is 9.97. The van der Waals surface area contributed by atoms with Crippen molar-refractivity contribution < 1.29 is 64.7 Å². The summed E-state index contributed by atoms with van der Waals surface area (Å²) in [5.74, 6) is 0.440. The first kappa shape index (κ1) is 42.1. The molecule has 0 saturated carbocycles. The van der Waals surface area contributed by atoms with Crippen molar-refractivity contribution in [3.63, 3.8) is 0 Å². The van der Waals surface area contributed by atoms with Crippen LogP contribution < -0.4 is 15.7 Å². The molecule has 3 aliphatic rings. The Balaban J connectivity index is 0.000000358. The van der Waals surface area contributed by atoms with Gasteiger partial charge in [0.1, 0.15) is 30.1 Å². The zero-order chi connectivity index (χ0) is 36.5. The third-order valence-electron chi connectivity index (χ3n) is 7.09. The fraction of sp³-hybridized carbons (Fsp3) is 0.250. The number of ether oxygens (including phenoxy) is 2. The van der Waals surface area contributed by atoms with E-state index < -0.39 is 37.3 Å². The quantitative estimate of drug-likeness (QED) is 0.129. The van der Waals surface area contributed by atoms with E-state index in [2.05, 4.69) is 86.2 Å². The number of aliphatic hydroxyl groups excluding tert-OH is 4. The fourth-order valence-electron chi connectivity index (χ4n) is 4.74. The van der Waals surface area contributed by atoms with Gasteiger partial charge in [0.25, 0.3) is 0 Å². The number of hydrogen-bond acceptors (Lipinski definition) is 14. The van der Waals surface area contributed by atoms with Gasteiger partial charge in [0, 0.05) is 26.0 Å². The first-order valence-corrected chi connectivity index (χ1v) is 14.4. The molecule has 18 nitrogen and oxygen atoms in total. The van der Waals surface area contributed by atoms with E-state index in [1.165, 1.54) is 0 Å². The minimum atomic E-state index is -1.48. The fourth-order valence-corrected chi connectivity index (χ4v) is 4.74. The minimum absolute atomic E-state index is 0. The molecule has 1 fully saturated rings. The Labute approximate surface area is 304 Å². The number of allylic oxidation sites excluding steroid dienone is 2. The molecule has 7 rings (SSSR count). The van der Waals surface area contributed by atoms with Gasteiger partial charge >= 0.3 is 0 Å². The van der Waals surface area contributed by atoms with Gasteiger partial charge in [0.2, 0.25) is 0 Å². The Morgan fingerprint density at radius 2 is 1.39 bits per heavy atom. The van der Waals surface area contributed by atoms with Crippen molar-refractivity contribution in [1.82, 2.24) is 35.6 Å². The van der Waals surface area contributed by atoms with Crippen molar-refractivity contribution in [3.05, 3.63) is 88.2 Å². The molecule has 2 aromatic carbocycles. The summed E-state index contributed by atoms with van der Waals surface area (Å²) in [6.45, 7) is 9.64. The average molecular weight is 872 g/mol. The predicted molar refractivity (Wildman–Crippen MR) is 177 cm³/mol. The predicted octanol–water partition coefficient (Wildman–Crippen LogP) is -0.941. The number of tetrazole rings is 1. The van der Waals surface area contributed by atoms with Crippen molar-refractivity contribution in [2.75, 3.05) is 13.2 Å². The molecule has 2 unspecified atom stereocenters. The monoisotopic (exact) mass is 872 g/mol. The third kappa shape index (κ3) is 10.7. The first-order valence-electron chi connectivity index (χ1n) is 14.4. The van der Waals surface area contributed by atoms with Gasteiger partial charge in [-0.2, -0.15) is 12.4 Å². The van der Waals surface area contributed by atoms with Gasteiger partial charge in [-0.1, -0.05) is 65.9 Å². The Kier molecular flexibility index (Phi) is 18.0. The largest absolute Gasteiger partial charge is 0.665 e. The van der Waals surface area contributed by atoms with Crippen LogP contribution in [0.25, 0.3) is 45.4 Å². The van der Waals surface area contributed by atoms with Crippen molar-refractivity contribution in [2.45, 2.75) is 37.3 Å². The topological polar surface area (TPSA) is 262 Å². The number of nitrogens with zero attached hydrogens (tertiary/aromatic N) is 9. The summed E-state index contributed by atoms with van der Waals surface area (Å²) in [4.78, 5) is 23.2. The van der Waals surface area contributed by atoms with E-state index >= 15 is 0 Å². The van der Waals surface area contributed by atoms with Crippen LogP contribution in [0.1, 0.15) is 0 Å². The molecular weight excluding hydrogens is 841 g/mol. The van der Waals surface area contributed by atoms with Gasteiger partial charge in [-0.15, -0.1) is 16.5 Å². The number of aromatic nitrogens is 7. The van der Waals surface area contributed by atoms with E-state index in [-0.39, 0.29) is 27.0 Å². The maximum Gasteiger partial charge on any atom is 0.186 e. The number of rotatable bonds is 7. The Hall–Kier alpha value is -5.10. The maximum absolute atomic E-state index is 9.97. The standard InChI is InChI=1S/C17H20N7O6.C12H8N2.3CHO.Re/c25-8-12-13(26)14(27)15(28)17(30-12)29-6-5-24-7-11(18-23-24)9-1-3-10(4-2-9)16-19-21-22-20-16;1-3-9-5-6-10-4-2-8-14-12(10)11(9)13-7-1;3*1-2;/h1-4,7,12-15,17,25-28H,5-6,8H2;1-8H;3*1H;/q-1;-2;3*-1;/t12?,13-,14-,15?,17+;;;;;/m0...../s1. The molecule has 19 heteroatoms. The first-order chi connectivity index (χ1) is 24.5. The summed E-state index contributed by atoms with van der Waals surface area (Å²) in [7, 11) is 0. The van der Waals surface area contributed by atoms with E-state index in [1.807, 2.05) is 36.4 Å². The smallest absolute Gasteiger partial charge is 0.186 e. The summed E-state index contributed by atoms with van der Waals surface area (Å²) < 4.78 is 12.3. The number of aliphatic hydroxyl groups is 4. The summed E-state index contributed by atoms with van der Waals surface area (Å²) in [6.07, 6.45) is 6.78. The van der Waals surface area contributed by atoms with E-state index in [0.717, 1.165) is 32.9 Å². The summed E-state index contributed by atoms with van der Waals surface area (Å²) in [5, 5.41) is 72.4. The molecule has 4 aromatic rings. The zero-order valence-corrected chi connectivity index (χ0v) is 29.2. The Morgan fingerprint density at radius 1 is 0.804 bits per heavy atom. The minimum Gasteiger partial charge on any atom is -0.665 e. The molecule has 5 atom stereocenters. The van der Waals surface area contributed by atoms with Gasteiger partial charge in [0.05, 0.1) is 31.8 Å². The Bertz CT molecular complexity index is 1750. The number of benzene rings is 2. The van der Waals surface area contributed by atoms with Crippen LogP contribution in [0, 0.1) is 0 Å². The summed E-state index contributed by atoms with van der Waals surface area (Å²) in [5.41, 5.74) is 4.22. The zero-order valence-electron chi connectivity index (χ0n) is 26.5. The van der Waals surface area contributed by atoms with Crippen LogP contribution in [-0.2, 0) is 50.8 Å². The average Bonchev–Trinajstić information content (AvgIpc) is 3.91. The molecule has 0 bridgehead atoms. The molecule has 51 heavy (non-hydrogen) atoms. The van der Waals surface area contributed by atoms with E-state index in [9.17, 15) is 20.4 Å². The second-order valence-electron chi connectivity index (χ2n) is 9.93. The van der Waals surface area contributed by atoms with Gasteiger partial charge in [-0.3, -0.25) is 30.8 Å². The number of fused-ring (bicyclic) bond motifs is 3. The van der Waals surface area contributed by atoms with E-state index in [4.69, 9.17) is 23.9 Å². The van der Waals surface area contributed by atoms with Crippen molar-refractivity contribution in [3.8, 4) is 22.6 Å². The molecule has 5 heterocycles. The van der Waals surface area contributed by atoms with Crippen LogP contribution in [0.4, 0.5) is 11.4 Å². The van der Waals surface area contributed by atoms with Crippen LogP contribution in [0.5, 0.6) is 0 Å². The van der Waals surface area contributed by atoms with Crippen LogP contribution in [0.2, 0.25) is 0 Å². The van der Waals surface area contributed by atoms with Crippen LogP contribution >= 0.6 is 0 Å². The SMILES string of the molecule is C1=C[N-]c2c3c(ccc2=C1)=CC=C[N-]3.OCC1O[C@@H](OCCn2cc(-c3ccc(-c4nn[n-]n4)cc3)nn2)C(O)[C@@H](O)[C@H]1O.[CH-]=O.[CH-]=O.[CH-]=O.[Re]. The van der Waals surface area contributed by atoms with E-state index in [0.29, 0.717) is 18.1 Å². The number of carbonyl (C=O) groups excluding carboxylic acids is 3. The summed E-state index contributed by atoms with van der Waals surface area (Å²) in [6, 6.07) is 11.5. The molecule has 3 aliphatic heterocycles. The molecule has 2 aromatic heterocycles. The third-order valence-corrected chi connectivity index (χ3v) is 7.09. The van der Waals surface area contributed by atoms with Crippen LogP contribution in [0.3, 0.4) is 0 Å². The molecular formula is C32H31N9O9Re-6. The Morgan fingerprint density at radius 3 is 1.94 bits per heavy atom. The van der Waals surface area contributed by atoms with E-state index in [1.54, 1.807) is 23.3 Å². The molecule has 0 aliphatic carbocycles. The van der Waals surface area contributed by atoms with Crippen molar-refractivity contribution in [2.24, 2.45) is 0 Å². The van der Waals surface area contributed by atoms with Gasteiger partial charge < -0.3 is 60.0 Å². The normalized spacial score (nSPS) is 20.2. The molecule has 0 amide bonds. The van der Waals surface area contributed by atoms with Gasteiger partial charge in [-0.25, -0.2) is 9.78 Å². The van der Waals surface area contributed by atoms with Crippen molar-refractivity contribution in [1.29, 1.82) is 0 Å². The van der Waals surface area contributed by atoms with Gasteiger partial charge in [-0.05, 0) is 16.0 Å². The second-order valence-corrected chi connectivity index (χ2v) is 9.93.